The van der Waals surface area contributed by atoms with Gasteiger partial charge < -0.3 is 20.5 Å². The molecule has 1 aromatic heterocycles. The van der Waals surface area contributed by atoms with Crippen molar-refractivity contribution >= 4 is 35.1 Å². The van der Waals surface area contributed by atoms with Crippen LogP contribution in [0.15, 0.2) is 60.2 Å². The lowest BCUT2D eigenvalue weighted by atomic mass is 10.1. The molecule has 0 bridgehead atoms. The molecular weight excluding hydrogens is 426 g/mol. The van der Waals surface area contributed by atoms with Gasteiger partial charge in [-0.25, -0.2) is 4.79 Å². The third-order valence-corrected chi connectivity index (χ3v) is 5.50. The fourth-order valence-corrected chi connectivity index (χ4v) is 3.68. The molecule has 3 aromatic rings. The summed E-state index contributed by atoms with van der Waals surface area (Å²) in [4.78, 5) is 25.2. The van der Waals surface area contributed by atoms with Gasteiger partial charge in [0.1, 0.15) is 11.6 Å². The van der Waals surface area contributed by atoms with Crippen LogP contribution in [0.1, 0.15) is 35.9 Å². The van der Waals surface area contributed by atoms with Crippen molar-refractivity contribution < 1.29 is 9.59 Å². The molecule has 0 spiro atoms. The van der Waals surface area contributed by atoms with Crippen molar-refractivity contribution in [1.82, 2.24) is 4.57 Å². The Bertz CT molecular complexity index is 1270. The van der Waals surface area contributed by atoms with E-state index in [0.717, 1.165) is 35.5 Å². The summed E-state index contributed by atoms with van der Waals surface area (Å²) in [5.74, 6) is -0.503. The highest BCUT2D eigenvalue weighted by Gasteiger charge is 2.14. The number of carbonyl (C=O) groups is 2. The van der Waals surface area contributed by atoms with Crippen molar-refractivity contribution in [1.29, 1.82) is 5.26 Å². The van der Waals surface area contributed by atoms with Crippen LogP contribution in [-0.4, -0.2) is 16.5 Å². The number of nitriles is 1. The lowest BCUT2D eigenvalue weighted by Crippen LogP contribution is -2.20. The molecule has 0 saturated carbocycles. The molecule has 0 aliphatic carbocycles. The Morgan fingerprint density at radius 2 is 1.68 bits per heavy atom. The molecule has 0 fully saturated rings. The predicted octanol–water partition coefficient (Wildman–Crippen LogP) is 6.01. The van der Waals surface area contributed by atoms with E-state index in [1.807, 2.05) is 51.1 Å². The van der Waals surface area contributed by atoms with Crippen LogP contribution < -0.4 is 16.0 Å². The van der Waals surface area contributed by atoms with E-state index in [2.05, 4.69) is 27.4 Å². The van der Waals surface area contributed by atoms with Crippen LogP contribution in [0.4, 0.5) is 21.9 Å². The molecular formula is C27H29N5O2. The zero-order valence-electron chi connectivity index (χ0n) is 19.9. The third kappa shape index (κ3) is 5.93. The highest BCUT2D eigenvalue weighted by atomic mass is 16.2. The van der Waals surface area contributed by atoms with E-state index in [-0.39, 0.29) is 5.57 Å². The third-order valence-electron chi connectivity index (χ3n) is 5.50. The van der Waals surface area contributed by atoms with Crippen molar-refractivity contribution in [3.8, 4) is 6.07 Å². The summed E-state index contributed by atoms with van der Waals surface area (Å²) < 4.78 is 2.18. The fraction of sp³-hybridized carbons (Fsp3) is 0.222. The Balaban J connectivity index is 1.76. The summed E-state index contributed by atoms with van der Waals surface area (Å²) in [5, 5.41) is 17.9. The predicted molar refractivity (Wildman–Crippen MR) is 137 cm³/mol. The summed E-state index contributed by atoms with van der Waals surface area (Å²) >= 11 is 0. The van der Waals surface area contributed by atoms with Crippen LogP contribution in [-0.2, 0) is 11.3 Å². The van der Waals surface area contributed by atoms with Gasteiger partial charge in [0.15, 0.2) is 0 Å². The maximum Gasteiger partial charge on any atom is 0.323 e. The number of aromatic nitrogens is 1. The zero-order valence-corrected chi connectivity index (χ0v) is 19.9. The minimum absolute atomic E-state index is 0.0105. The summed E-state index contributed by atoms with van der Waals surface area (Å²) in [6.07, 6.45) is 2.62. The number of amides is 3. The van der Waals surface area contributed by atoms with Gasteiger partial charge in [0.25, 0.3) is 5.91 Å². The number of rotatable bonds is 7. The van der Waals surface area contributed by atoms with E-state index in [4.69, 9.17) is 0 Å². The van der Waals surface area contributed by atoms with E-state index in [1.54, 1.807) is 36.4 Å². The average molecular weight is 456 g/mol. The number of nitrogens with one attached hydrogen (secondary N) is 3. The van der Waals surface area contributed by atoms with Gasteiger partial charge >= 0.3 is 6.03 Å². The Kier molecular flexibility index (Phi) is 7.88. The highest BCUT2D eigenvalue weighted by Crippen LogP contribution is 2.23. The Morgan fingerprint density at radius 3 is 2.35 bits per heavy atom. The molecule has 3 rings (SSSR count). The van der Waals surface area contributed by atoms with E-state index < -0.39 is 11.9 Å². The molecule has 174 valence electrons. The first-order valence-electron chi connectivity index (χ1n) is 11.2. The molecule has 7 heteroatoms. The van der Waals surface area contributed by atoms with Gasteiger partial charge in [0.05, 0.1) is 0 Å². The number of carbonyl (C=O) groups excluding carboxylic acids is 2. The molecule has 34 heavy (non-hydrogen) atoms. The van der Waals surface area contributed by atoms with Crippen LogP contribution in [0, 0.1) is 32.1 Å². The Hall–Kier alpha value is -4.31. The smallest absolute Gasteiger partial charge is 0.323 e. The molecule has 0 radical (unpaired) electrons. The first-order valence-corrected chi connectivity index (χ1v) is 11.2. The van der Waals surface area contributed by atoms with Crippen molar-refractivity contribution in [3.63, 3.8) is 0 Å². The number of benzene rings is 2. The van der Waals surface area contributed by atoms with E-state index >= 15 is 0 Å². The lowest BCUT2D eigenvalue weighted by Gasteiger charge is -2.12. The average Bonchev–Trinajstić information content (AvgIpc) is 3.07. The Labute approximate surface area is 200 Å². The van der Waals surface area contributed by atoms with E-state index in [9.17, 15) is 14.9 Å². The standard InChI is InChI=1S/C27H29N5O2/c1-5-13-32-19(3)14-21(20(32)4)15-22(17-28)26(33)31-25-16-24(12-11-18(25)2)30-27(34)29-23-9-7-6-8-10-23/h6-12,14-16H,5,13H2,1-4H3,(H,31,33)(H2,29,30,34)/b22-15-. The van der Waals surface area contributed by atoms with Crippen molar-refractivity contribution in [3.05, 3.63) is 82.7 Å². The summed E-state index contributed by atoms with van der Waals surface area (Å²) in [7, 11) is 0. The molecule has 0 unspecified atom stereocenters. The second-order valence-electron chi connectivity index (χ2n) is 8.08. The van der Waals surface area contributed by atoms with Gasteiger partial charge in [0.2, 0.25) is 0 Å². The molecule has 2 aromatic carbocycles. The Morgan fingerprint density at radius 1 is 0.971 bits per heavy atom. The first kappa shape index (κ1) is 24.3. The van der Waals surface area contributed by atoms with Gasteiger partial charge in [-0.15, -0.1) is 0 Å². The molecule has 0 aliphatic rings. The number of urea groups is 1. The van der Waals surface area contributed by atoms with Gasteiger partial charge in [0, 0.05) is 35.0 Å². The second-order valence-corrected chi connectivity index (χ2v) is 8.08. The quantitative estimate of drug-likeness (QED) is 0.300. The largest absolute Gasteiger partial charge is 0.349 e. The summed E-state index contributed by atoms with van der Waals surface area (Å²) in [6, 6.07) is 17.9. The number of anilines is 3. The molecule has 1 heterocycles. The SMILES string of the molecule is CCCn1c(C)cc(/C=C(/C#N)C(=O)Nc2cc(NC(=O)Nc3ccccc3)ccc2C)c1C. The minimum atomic E-state index is -0.503. The van der Waals surface area contributed by atoms with Crippen molar-refractivity contribution in [2.75, 3.05) is 16.0 Å². The maximum atomic E-state index is 12.9. The number of aryl methyl sites for hydroxylation is 2. The van der Waals surface area contributed by atoms with Gasteiger partial charge in [-0.1, -0.05) is 31.2 Å². The first-order chi connectivity index (χ1) is 16.3. The van der Waals surface area contributed by atoms with Crippen LogP contribution in [0.25, 0.3) is 6.08 Å². The van der Waals surface area contributed by atoms with Gasteiger partial charge in [-0.2, -0.15) is 5.26 Å². The van der Waals surface area contributed by atoms with Crippen molar-refractivity contribution in [2.24, 2.45) is 0 Å². The molecule has 3 amide bonds. The second kappa shape index (κ2) is 11.0. The molecule has 0 atom stereocenters. The van der Waals surface area contributed by atoms with Crippen LogP contribution in [0.2, 0.25) is 0 Å². The van der Waals surface area contributed by atoms with Crippen molar-refractivity contribution in [2.45, 2.75) is 40.7 Å². The molecule has 0 aliphatic heterocycles. The lowest BCUT2D eigenvalue weighted by molar-refractivity contribution is -0.112. The number of hydrogen-bond acceptors (Lipinski definition) is 3. The fourth-order valence-electron chi connectivity index (χ4n) is 3.68. The minimum Gasteiger partial charge on any atom is -0.349 e. The van der Waals surface area contributed by atoms with Gasteiger partial charge in [-0.3, -0.25) is 4.79 Å². The summed E-state index contributed by atoms with van der Waals surface area (Å²) in [6.45, 7) is 8.84. The number of nitrogens with zero attached hydrogens (tertiary/aromatic N) is 2. The van der Waals surface area contributed by atoms with Crippen LogP contribution >= 0.6 is 0 Å². The topological polar surface area (TPSA) is 98.9 Å². The van der Waals surface area contributed by atoms with E-state index in [1.165, 1.54) is 0 Å². The molecule has 7 nitrogen and oxygen atoms in total. The monoisotopic (exact) mass is 455 g/mol. The zero-order chi connectivity index (χ0) is 24.7. The highest BCUT2D eigenvalue weighted by molar-refractivity contribution is 6.10. The van der Waals surface area contributed by atoms with Gasteiger partial charge in [-0.05, 0) is 74.7 Å². The maximum absolute atomic E-state index is 12.9. The molecule has 0 saturated heterocycles. The number of hydrogen-bond donors (Lipinski definition) is 3. The number of para-hydroxylation sites is 1. The van der Waals surface area contributed by atoms with E-state index in [0.29, 0.717) is 17.1 Å². The molecule has 3 N–H and O–H groups in total. The normalized spacial score (nSPS) is 11.0. The van der Waals surface area contributed by atoms with Crippen LogP contribution in [0.3, 0.4) is 0 Å². The van der Waals surface area contributed by atoms with Crippen LogP contribution in [0.5, 0.6) is 0 Å². The summed E-state index contributed by atoms with van der Waals surface area (Å²) in [5.41, 5.74) is 5.47.